The summed E-state index contributed by atoms with van der Waals surface area (Å²) in [5.41, 5.74) is 0.944. The smallest absolute Gasteiger partial charge is 0.191 e. The van der Waals surface area contributed by atoms with Crippen molar-refractivity contribution in [1.29, 1.82) is 0 Å². The van der Waals surface area contributed by atoms with E-state index >= 15 is 0 Å². The van der Waals surface area contributed by atoms with Crippen molar-refractivity contribution in [1.82, 2.24) is 14.8 Å². The van der Waals surface area contributed by atoms with Crippen LogP contribution in [0, 0.1) is 0 Å². The van der Waals surface area contributed by atoms with Gasteiger partial charge in [0.25, 0.3) is 0 Å². The number of carbonyl (C=O) groups excluding carboxylic acids is 1. The lowest BCUT2D eigenvalue weighted by Crippen LogP contribution is -2.04. The highest BCUT2D eigenvalue weighted by Gasteiger charge is 2.15. The molecular formula is C18H18ClN3O2S. The fraction of sp³-hybridized carbons (Fsp3) is 0.278. The number of carbonyl (C=O) groups is 1. The van der Waals surface area contributed by atoms with Gasteiger partial charge in [0.05, 0.1) is 12.8 Å². The number of rotatable bonds is 8. The monoisotopic (exact) mass is 375 g/mol. The van der Waals surface area contributed by atoms with E-state index in [0.29, 0.717) is 18.0 Å². The minimum Gasteiger partial charge on any atom is -0.467 e. The molecule has 0 bridgehead atoms. The molecule has 7 heteroatoms. The van der Waals surface area contributed by atoms with Gasteiger partial charge in [-0.05, 0) is 49.7 Å². The summed E-state index contributed by atoms with van der Waals surface area (Å²) in [6.45, 7) is 2.16. The quantitative estimate of drug-likeness (QED) is 0.421. The van der Waals surface area contributed by atoms with Crippen LogP contribution in [0.2, 0.25) is 5.02 Å². The second-order valence-corrected chi connectivity index (χ2v) is 7.13. The molecule has 3 rings (SSSR count). The third-order valence-electron chi connectivity index (χ3n) is 3.62. The number of Topliss-reactive ketones (excluding diaryl/α,β-unsaturated/α-hetero) is 1. The van der Waals surface area contributed by atoms with Gasteiger partial charge in [0.2, 0.25) is 0 Å². The SMILES string of the molecule is CC(=O)CCCSc1nnc(-c2ccc(Cl)cc2)n1Cc1ccco1. The van der Waals surface area contributed by atoms with E-state index in [-0.39, 0.29) is 5.78 Å². The molecule has 0 N–H and O–H groups in total. The molecular weight excluding hydrogens is 358 g/mol. The summed E-state index contributed by atoms with van der Waals surface area (Å²) in [5, 5.41) is 10.2. The Morgan fingerprint density at radius 1 is 1.24 bits per heavy atom. The fourth-order valence-corrected chi connectivity index (χ4v) is 3.40. The van der Waals surface area contributed by atoms with Crippen LogP contribution in [-0.2, 0) is 11.3 Å². The number of hydrogen-bond acceptors (Lipinski definition) is 5. The largest absolute Gasteiger partial charge is 0.467 e. The molecule has 0 saturated heterocycles. The van der Waals surface area contributed by atoms with Crippen LogP contribution in [0.25, 0.3) is 11.4 Å². The number of benzene rings is 1. The van der Waals surface area contributed by atoms with Gasteiger partial charge in [0, 0.05) is 22.8 Å². The highest BCUT2D eigenvalue weighted by Crippen LogP contribution is 2.26. The second kappa shape index (κ2) is 8.36. The first-order valence-corrected chi connectivity index (χ1v) is 9.33. The summed E-state index contributed by atoms with van der Waals surface area (Å²) >= 11 is 7.58. The molecule has 2 aromatic heterocycles. The highest BCUT2D eigenvalue weighted by molar-refractivity contribution is 7.99. The first kappa shape index (κ1) is 17.8. The Morgan fingerprint density at radius 2 is 2.04 bits per heavy atom. The van der Waals surface area contributed by atoms with Crippen molar-refractivity contribution in [2.45, 2.75) is 31.5 Å². The molecule has 5 nitrogen and oxygen atoms in total. The van der Waals surface area contributed by atoms with Gasteiger partial charge < -0.3 is 9.21 Å². The Morgan fingerprint density at radius 3 is 2.72 bits per heavy atom. The van der Waals surface area contributed by atoms with Crippen LogP contribution in [0.5, 0.6) is 0 Å². The molecule has 0 spiro atoms. The van der Waals surface area contributed by atoms with Gasteiger partial charge in [0.15, 0.2) is 11.0 Å². The maximum atomic E-state index is 11.1. The average molecular weight is 376 g/mol. The maximum Gasteiger partial charge on any atom is 0.191 e. The Labute approximate surface area is 155 Å². The van der Waals surface area contributed by atoms with E-state index < -0.39 is 0 Å². The molecule has 0 aliphatic heterocycles. The van der Waals surface area contributed by atoms with Crippen LogP contribution in [0.1, 0.15) is 25.5 Å². The van der Waals surface area contributed by atoms with E-state index in [1.807, 2.05) is 41.0 Å². The molecule has 0 saturated carbocycles. The van der Waals surface area contributed by atoms with Crippen LogP contribution in [0.15, 0.2) is 52.2 Å². The maximum absolute atomic E-state index is 11.1. The molecule has 0 amide bonds. The van der Waals surface area contributed by atoms with Gasteiger partial charge in [-0.25, -0.2) is 0 Å². The Balaban J connectivity index is 1.84. The van der Waals surface area contributed by atoms with Crippen molar-refractivity contribution in [3.05, 3.63) is 53.4 Å². The first-order chi connectivity index (χ1) is 12.1. The second-order valence-electron chi connectivity index (χ2n) is 5.63. The number of nitrogens with zero attached hydrogens (tertiary/aromatic N) is 3. The molecule has 0 unspecified atom stereocenters. The fourth-order valence-electron chi connectivity index (χ4n) is 2.39. The minimum absolute atomic E-state index is 0.208. The molecule has 0 fully saturated rings. The molecule has 3 aromatic rings. The van der Waals surface area contributed by atoms with Crippen molar-refractivity contribution in [2.75, 3.05) is 5.75 Å². The summed E-state index contributed by atoms with van der Waals surface area (Å²) in [6.07, 6.45) is 3.06. The van der Waals surface area contributed by atoms with E-state index in [9.17, 15) is 4.79 Å². The molecule has 0 atom stereocenters. The number of furan rings is 1. The molecule has 2 heterocycles. The van der Waals surface area contributed by atoms with Gasteiger partial charge in [-0.15, -0.1) is 10.2 Å². The van der Waals surface area contributed by atoms with Gasteiger partial charge in [-0.1, -0.05) is 23.4 Å². The third kappa shape index (κ3) is 4.74. The number of ketones is 1. The number of hydrogen-bond donors (Lipinski definition) is 0. The predicted octanol–water partition coefficient (Wildman–Crippen LogP) is 4.70. The zero-order chi connectivity index (χ0) is 17.6. The van der Waals surface area contributed by atoms with Crippen LogP contribution >= 0.6 is 23.4 Å². The zero-order valence-electron chi connectivity index (χ0n) is 13.8. The van der Waals surface area contributed by atoms with E-state index in [2.05, 4.69) is 10.2 Å². The summed E-state index contributed by atoms with van der Waals surface area (Å²) in [4.78, 5) is 11.1. The lowest BCUT2D eigenvalue weighted by Gasteiger charge is -2.09. The zero-order valence-corrected chi connectivity index (χ0v) is 15.4. The summed E-state index contributed by atoms with van der Waals surface area (Å²) < 4.78 is 7.51. The van der Waals surface area contributed by atoms with Gasteiger partial charge in [-0.3, -0.25) is 4.57 Å². The van der Waals surface area contributed by atoms with Crippen molar-refractivity contribution in [3.63, 3.8) is 0 Å². The molecule has 0 aliphatic carbocycles. The molecule has 0 radical (unpaired) electrons. The molecule has 1 aromatic carbocycles. The summed E-state index contributed by atoms with van der Waals surface area (Å²) in [6, 6.07) is 11.3. The van der Waals surface area contributed by atoms with Crippen molar-refractivity contribution >= 4 is 29.1 Å². The Hall–Kier alpha value is -2.05. The summed E-state index contributed by atoms with van der Waals surface area (Å²) in [7, 11) is 0. The van der Waals surface area contributed by atoms with Gasteiger partial charge in [0.1, 0.15) is 11.5 Å². The topological polar surface area (TPSA) is 60.9 Å². The van der Waals surface area contributed by atoms with Crippen molar-refractivity contribution in [2.24, 2.45) is 0 Å². The van der Waals surface area contributed by atoms with Gasteiger partial charge >= 0.3 is 0 Å². The van der Waals surface area contributed by atoms with Crippen LogP contribution in [0.3, 0.4) is 0 Å². The van der Waals surface area contributed by atoms with Crippen LogP contribution < -0.4 is 0 Å². The minimum atomic E-state index is 0.208. The number of halogens is 1. The normalized spacial score (nSPS) is 11.0. The molecule has 130 valence electrons. The highest BCUT2D eigenvalue weighted by atomic mass is 35.5. The first-order valence-electron chi connectivity index (χ1n) is 7.97. The predicted molar refractivity (Wildman–Crippen MR) is 98.9 cm³/mol. The van der Waals surface area contributed by atoms with E-state index in [4.69, 9.17) is 16.0 Å². The van der Waals surface area contributed by atoms with Crippen molar-refractivity contribution < 1.29 is 9.21 Å². The summed E-state index contributed by atoms with van der Waals surface area (Å²) in [5.74, 6) is 2.62. The third-order valence-corrected chi connectivity index (χ3v) is 4.92. The van der Waals surface area contributed by atoms with Gasteiger partial charge in [-0.2, -0.15) is 0 Å². The van der Waals surface area contributed by atoms with E-state index in [1.54, 1.807) is 24.9 Å². The van der Waals surface area contributed by atoms with Crippen LogP contribution in [0.4, 0.5) is 0 Å². The Kier molecular flexibility index (Phi) is 5.94. The number of thioether (sulfide) groups is 1. The van der Waals surface area contributed by atoms with Crippen LogP contribution in [-0.4, -0.2) is 26.3 Å². The lowest BCUT2D eigenvalue weighted by molar-refractivity contribution is -0.117. The molecule has 0 aliphatic rings. The lowest BCUT2D eigenvalue weighted by atomic mass is 10.2. The van der Waals surface area contributed by atoms with E-state index in [1.165, 1.54) is 0 Å². The Bertz CT molecular complexity index is 829. The number of aromatic nitrogens is 3. The standard InChI is InChI=1S/C18H18ClN3O2S/c1-13(23)4-3-11-25-18-21-20-17(14-6-8-15(19)9-7-14)22(18)12-16-5-2-10-24-16/h2,5-10H,3-4,11-12H2,1H3. The average Bonchev–Trinajstić information content (AvgIpc) is 3.23. The van der Waals surface area contributed by atoms with Crippen molar-refractivity contribution in [3.8, 4) is 11.4 Å². The van der Waals surface area contributed by atoms with E-state index in [0.717, 1.165) is 34.5 Å². The molecule has 25 heavy (non-hydrogen) atoms.